The van der Waals surface area contributed by atoms with Crippen molar-refractivity contribution in [2.45, 2.75) is 186 Å². The van der Waals surface area contributed by atoms with Crippen molar-refractivity contribution in [1.29, 1.82) is 0 Å². The number of nitrogen functional groups attached to an aromatic ring is 1. The second kappa shape index (κ2) is 37.8. The molecule has 10 atom stereocenters. The summed E-state index contributed by atoms with van der Waals surface area (Å²) in [6.45, 7) is 4.08. The molecule has 1 aliphatic heterocycles. The smallest absolute Gasteiger partial charge is 0.462 e. The summed E-state index contributed by atoms with van der Waals surface area (Å²) in [7, 11) is -10.9. The van der Waals surface area contributed by atoms with Gasteiger partial charge in [-0.05, 0) is 50.5 Å². The topological polar surface area (TPSA) is 306 Å². The fourth-order valence-corrected chi connectivity index (χ4v) is 9.26. The van der Waals surface area contributed by atoms with Crippen LogP contribution in [0.5, 0.6) is 0 Å². The number of phosphoric acid groups is 2. The van der Waals surface area contributed by atoms with Gasteiger partial charge >= 0.3 is 33.3 Å². The molecule has 0 radical (unpaired) electrons. The van der Waals surface area contributed by atoms with Crippen molar-refractivity contribution in [2.75, 3.05) is 25.6 Å². The van der Waals surface area contributed by atoms with Crippen molar-refractivity contribution in [2.24, 2.45) is 5.92 Å². The lowest BCUT2D eigenvalue weighted by Gasteiger charge is -2.21. The van der Waals surface area contributed by atoms with Gasteiger partial charge in [-0.2, -0.15) is 9.29 Å². The van der Waals surface area contributed by atoms with Gasteiger partial charge in [-0.25, -0.2) is 13.9 Å². The SMILES string of the molecule is CC/C=C\C[C@H](O)/C=C/C=C\C/C=C\C=C\[C@H](O)/C=C\CCCC(=O)O[C@H](COC(=O)CCCCCCCCCCCCC(C)CC)COP(=O)(O)OP(=O)(O)OC[C@H]1O[C@@H](n2ccc(N)nc2=O)[C@H](O)[C@@H]1O. The third-order valence-corrected chi connectivity index (χ3v) is 14.1. The molecule has 0 aromatic carbocycles. The third kappa shape index (κ3) is 30.9. The first-order chi connectivity index (χ1) is 34.9. The van der Waals surface area contributed by atoms with Crippen LogP contribution in [0, 0.1) is 5.92 Å². The first-order valence-electron chi connectivity index (χ1n) is 25.6. The second-order valence-corrected chi connectivity index (χ2v) is 21.0. The van der Waals surface area contributed by atoms with E-state index in [4.69, 9.17) is 29.0 Å². The third-order valence-electron chi connectivity index (χ3n) is 11.5. The van der Waals surface area contributed by atoms with Crippen LogP contribution in [0.4, 0.5) is 5.82 Å². The second-order valence-electron chi connectivity index (χ2n) is 17.9. The Balaban J connectivity index is 1.87. The van der Waals surface area contributed by atoms with Gasteiger partial charge in [0.15, 0.2) is 12.3 Å². The Hall–Kier alpha value is -3.88. The average Bonchev–Trinajstić information content (AvgIpc) is 3.62. The molecule has 1 aliphatic rings. The predicted octanol–water partition coefficient (Wildman–Crippen LogP) is 8.30. The molecule has 0 aliphatic carbocycles. The number of carbonyl (C=O) groups is 2. The van der Waals surface area contributed by atoms with Crippen LogP contribution in [-0.2, 0) is 46.3 Å². The Kier molecular flexibility index (Phi) is 33.8. The number of phosphoric ester groups is 2. The van der Waals surface area contributed by atoms with Crippen LogP contribution in [-0.4, -0.2) is 108 Å². The molecule has 8 N–H and O–H groups in total. The van der Waals surface area contributed by atoms with Crippen molar-refractivity contribution in [1.82, 2.24) is 9.55 Å². The molecular formula is C51H83N3O17P2. The molecular weight excluding hydrogens is 989 g/mol. The monoisotopic (exact) mass is 1070 g/mol. The molecule has 22 heteroatoms. The van der Waals surface area contributed by atoms with E-state index in [2.05, 4.69) is 23.1 Å². The molecule has 0 amide bonds. The van der Waals surface area contributed by atoms with E-state index >= 15 is 0 Å². The number of allylic oxidation sites excluding steroid dienone is 8. The van der Waals surface area contributed by atoms with E-state index in [0.717, 1.165) is 48.8 Å². The number of unbranched alkanes of at least 4 members (excludes halogenated alkanes) is 10. The Morgan fingerprint density at radius 3 is 2.08 bits per heavy atom. The molecule has 414 valence electrons. The number of nitrogens with two attached hydrogens (primary N) is 1. The van der Waals surface area contributed by atoms with Gasteiger partial charge in [0, 0.05) is 19.0 Å². The number of nitrogens with zero attached hydrogens (tertiary/aromatic N) is 2. The summed E-state index contributed by atoms with van der Waals surface area (Å²) < 4.78 is 56.6. The highest BCUT2D eigenvalue weighted by atomic mass is 31.3. The maximum atomic E-state index is 12.9. The van der Waals surface area contributed by atoms with Crippen LogP contribution in [0.15, 0.2) is 90.0 Å². The van der Waals surface area contributed by atoms with Gasteiger partial charge in [0.05, 0.1) is 25.4 Å². The number of aromatic nitrogens is 2. The average molecular weight is 1070 g/mol. The molecule has 73 heavy (non-hydrogen) atoms. The number of carbonyl (C=O) groups excluding carboxylic acids is 2. The summed E-state index contributed by atoms with van der Waals surface area (Å²) in [5, 5.41) is 41.0. The van der Waals surface area contributed by atoms with E-state index in [1.165, 1.54) is 51.0 Å². The molecule has 1 aromatic heterocycles. The zero-order valence-corrected chi connectivity index (χ0v) is 44.6. The minimum absolute atomic E-state index is 0.0815. The summed E-state index contributed by atoms with van der Waals surface area (Å²) in [5.74, 6) is -0.708. The summed E-state index contributed by atoms with van der Waals surface area (Å²) >= 11 is 0. The van der Waals surface area contributed by atoms with E-state index < -0.39 is 95.9 Å². The first-order valence-corrected chi connectivity index (χ1v) is 28.6. The molecule has 2 heterocycles. The first kappa shape index (κ1) is 65.2. The highest BCUT2D eigenvalue weighted by Gasteiger charge is 2.46. The Morgan fingerprint density at radius 1 is 0.795 bits per heavy atom. The number of hydrogen-bond acceptors (Lipinski definition) is 17. The van der Waals surface area contributed by atoms with Crippen molar-refractivity contribution in [3.63, 3.8) is 0 Å². The van der Waals surface area contributed by atoms with Gasteiger partial charge in [-0.1, -0.05) is 164 Å². The fourth-order valence-electron chi connectivity index (χ4n) is 7.15. The molecule has 1 fully saturated rings. The van der Waals surface area contributed by atoms with Gasteiger partial charge in [0.25, 0.3) is 0 Å². The fraction of sp³-hybridized carbons (Fsp3) is 0.647. The normalized spacial score (nSPS) is 20.9. The van der Waals surface area contributed by atoms with Crippen LogP contribution in [0.1, 0.15) is 149 Å². The lowest BCUT2D eigenvalue weighted by molar-refractivity contribution is -0.161. The largest absolute Gasteiger partial charge is 0.481 e. The van der Waals surface area contributed by atoms with Gasteiger partial charge in [-0.15, -0.1) is 0 Å². The number of aliphatic hydroxyl groups excluding tert-OH is 4. The van der Waals surface area contributed by atoms with Crippen LogP contribution in [0.2, 0.25) is 0 Å². The van der Waals surface area contributed by atoms with Gasteiger partial charge in [-0.3, -0.25) is 23.2 Å². The van der Waals surface area contributed by atoms with Crippen LogP contribution >= 0.6 is 15.6 Å². The number of hydrogen-bond donors (Lipinski definition) is 7. The number of ether oxygens (including phenoxy) is 3. The molecule has 20 nitrogen and oxygen atoms in total. The maximum Gasteiger partial charge on any atom is 0.481 e. The highest BCUT2D eigenvalue weighted by molar-refractivity contribution is 7.61. The number of esters is 2. The number of rotatable bonds is 40. The molecule has 0 spiro atoms. The molecule has 0 bridgehead atoms. The predicted molar refractivity (Wildman–Crippen MR) is 277 cm³/mol. The highest BCUT2D eigenvalue weighted by Crippen LogP contribution is 2.60. The standard InChI is InChI=1S/C51H83N3O17P2/c1-4-6-21-29-41(55)30-23-17-13-11-14-18-24-31-42(56)32-25-20-27-34-47(58)69-43(37-66-46(57)33-26-19-15-10-8-7-9-12-16-22-28-40(3)5-2)38-67-72(62,63)71-73(64,65)68-39-44-48(59)49(60)50(70-44)54-36-35-45(52)53-51(54)61/h6,13-14,17-18,21,23-25,30-32,35-36,40-44,48-50,55-56,59-60H,4-5,7-12,15-16,19-20,22,26-29,33-34,37-39H2,1-3H3,(H,62,63)(H,64,65)(H2,52,53,61)/b17-13-,18-14-,21-6-,30-23+,31-24+,32-25-/t40?,41-,42-,43+,44+,48+,49+,50+/m0/s1. The van der Waals surface area contributed by atoms with Gasteiger partial charge < -0.3 is 50.2 Å². The molecule has 2 rings (SSSR count). The molecule has 3 unspecified atom stereocenters. The lowest BCUT2D eigenvalue weighted by Crippen LogP contribution is -2.36. The van der Waals surface area contributed by atoms with Crippen molar-refractivity contribution < 1.29 is 76.5 Å². The summed E-state index contributed by atoms with van der Waals surface area (Å²) in [6, 6.07) is 1.23. The quantitative estimate of drug-likeness (QED) is 0.0107. The van der Waals surface area contributed by atoms with Crippen LogP contribution in [0.25, 0.3) is 0 Å². The molecule has 1 aromatic rings. The van der Waals surface area contributed by atoms with E-state index in [0.29, 0.717) is 25.7 Å². The van der Waals surface area contributed by atoms with E-state index in [-0.39, 0.29) is 25.1 Å². The van der Waals surface area contributed by atoms with Gasteiger partial charge in [0.2, 0.25) is 0 Å². The van der Waals surface area contributed by atoms with Crippen molar-refractivity contribution in [3.8, 4) is 0 Å². The zero-order valence-electron chi connectivity index (χ0n) is 42.8. The Morgan fingerprint density at radius 2 is 1.42 bits per heavy atom. The van der Waals surface area contributed by atoms with Crippen LogP contribution < -0.4 is 11.4 Å². The molecule has 1 saturated heterocycles. The van der Waals surface area contributed by atoms with E-state index in [1.807, 2.05) is 37.3 Å². The summed E-state index contributed by atoms with van der Waals surface area (Å²) in [4.78, 5) is 61.9. The Labute approximate surface area is 430 Å². The minimum atomic E-state index is -5.48. The van der Waals surface area contributed by atoms with Crippen LogP contribution in [0.3, 0.4) is 0 Å². The Bertz CT molecular complexity index is 2060. The van der Waals surface area contributed by atoms with E-state index in [1.54, 1.807) is 42.5 Å². The van der Waals surface area contributed by atoms with Crippen molar-refractivity contribution in [3.05, 3.63) is 95.7 Å². The van der Waals surface area contributed by atoms with Gasteiger partial charge in [0.1, 0.15) is 30.7 Å². The zero-order chi connectivity index (χ0) is 53.9. The van der Waals surface area contributed by atoms with Crippen molar-refractivity contribution >= 4 is 33.4 Å². The number of aliphatic hydroxyl groups is 4. The number of anilines is 1. The summed E-state index contributed by atoms with van der Waals surface area (Å²) in [6.07, 6.45) is 29.2. The minimum Gasteiger partial charge on any atom is -0.462 e. The lowest BCUT2D eigenvalue weighted by atomic mass is 9.99. The summed E-state index contributed by atoms with van der Waals surface area (Å²) in [5.41, 5.74) is 4.56. The van der Waals surface area contributed by atoms with E-state index in [9.17, 15) is 53.7 Å². The maximum absolute atomic E-state index is 12.9. The molecule has 0 saturated carbocycles.